The maximum Gasteiger partial charge on any atom is 0.298 e. The van der Waals surface area contributed by atoms with Gasteiger partial charge in [-0.1, -0.05) is 23.8 Å². The second-order valence-electron chi connectivity index (χ2n) is 5.44. The summed E-state index contributed by atoms with van der Waals surface area (Å²) in [5.74, 6) is -0.948. The van der Waals surface area contributed by atoms with Crippen LogP contribution in [0, 0.1) is 6.92 Å². The molecule has 2 aromatic carbocycles. The molecule has 0 bridgehead atoms. The van der Waals surface area contributed by atoms with Gasteiger partial charge in [0.1, 0.15) is 16.4 Å². The molecule has 0 fully saturated rings. The van der Waals surface area contributed by atoms with Gasteiger partial charge in [0.15, 0.2) is 0 Å². The highest BCUT2D eigenvalue weighted by Crippen LogP contribution is 2.25. The fourth-order valence-electron chi connectivity index (χ4n) is 1.73. The molecule has 0 aliphatic rings. The van der Waals surface area contributed by atoms with E-state index in [-0.39, 0.29) is 10.6 Å². The first-order valence-corrected chi connectivity index (χ1v) is 10.7. The molecule has 0 radical (unpaired) electrons. The van der Waals surface area contributed by atoms with Gasteiger partial charge in [0, 0.05) is 18.5 Å². The van der Waals surface area contributed by atoms with Crippen LogP contribution in [0.15, 0.2) is 82.8 Å². The molecule has 0 saturated carbocycles. The average Bonchev–Trinajstić information content (AvgIpc) is 2.65. The highest BCUT2D eigenvalue weighted by atomic mass is 32.2. The fourth-order valence-corrected chi connectivity index (χ4v) is 2.81. The van der Waals surface area contributed by atoms with E-state index in [4.69, 9.17) is 19.3 Å². The number of pyridine rings is 1. The Balaban J connectivity index is 0.000000229. The number of aryl methyl sites for hydroxylation is 1. The molecule has 0 saturated heterocycles. The summed E-state index contributed by atoms with van der Waals surface area (Å²) in [6.45, 7) is 1.84. The predicted octanol–water partition coefficient (Wildman–Crippen LogP) is 2.67. The number of benzene rings is 2. The predicted molar refractivity (Wildman–Crippen MR) is 105 cm³/mol. The Kier molecular flexibility index (Phi) is 8.73. The van der Waals surface area contributed by atoms with Crippen LogP contribution >= 0.6 is 0 Å². The van der Waals surface area contributed by atoms with Crippen molar-refractivity contribution < 1.29 is 36.2 Å². The van der Waals surface area contributed by atoms with Crippen molar-refractivity contribution in [1.29, 1.82) is 0 Å². The Hall–Kier alpha value is -2.99. The Bertz CT molecular complexity index is 1090. The Morgan fingerprint density at radius 2 is 1.31 bits per heavy atom. The molecule has 156 valence electrons. The Morgan fingerprint density at radius 1 is 0.759 bits per heavy atom. The molecule has 0 amide bonds. The van der Waals surface area contributed by atoms with Crippen LogP contribution in [0.5, 0.6) is 11.5 Å². The van der Waals surface area contributed by atoms with Gasteiger partial charge in [0.05, 0.1) is 4.90 Å². The van der Waals surface area contributed by atoms with E-state index >= 15 is 0 Å². The topological polar surface area (TPSA) is 162 Å². The molecule has 29 heavy (non-hydrogen) atoms. The molecule has 0 aliphatic carbocycles. The molecule has 0 spiro atoms. The Morgan fingerprint density at radius 3 is 1.66 bits per heavy atom. The highest BCUT2D eigenvalue weighted by Gasteiger charge is 2.15. The van der Waals surface area contributed by atoms with Gasteiger partial charge in [-0.25, -0.2) is 0 Å². The van der Waals surface area contributed by atoms with E-state index < -0.39 is 30.9 Å². The van der Waals surface area contributed by atoms with Crippen molar-refractivity contribution >= 4 is 20.2 Å². The van der Waals surface area contributed by atoms with Gasteiger partial charge in [-0.3, -0.25) is 14.1 Å². The van der Waals surface area contributed by atoms with Gasteiger partial charge < -0.3 is 10.2 Å². The normalized spacial score (nSPS) is 10.7. The summed E-state index contributed by atoms with van der Waals surface area (Å²) in [6.07, 6.45) is 3.50. The third kappa shape index (κ3) is 9.17. The van der Waals surface area contributed by atoms with Crippen molar-refractivity contribution in [1.82, 2.24) is 4.98 Å². The number of aromatic hydroxyl groups is 2. The van der Waals surface area contributed by atoms with Gasteiger partial charge in [-0.05, 0) is 43.3 Å². The first-order chi connectivity index (χ1) is 13.4. The second kappa shape index (κ2) is 10.5. The van der Waals surface area contributed by atoms with Crippen molar-refractivity contribution in [3.05, 3.63) is 78.6 Å². The lowest BCUT2D eigenvalue weighted by Gasteiger charge is -2.00. The summed E-state index contributed by atoms with van der Waals surface area (Å²) in [4.78, 5) is 3.01. The molecular formula is C18H19NO8S2. The van der Waals surface area contributed by atoms with Crippen molar-refractivity contribution in [2.24, 2.45) is 0 Å². The first kappa shape index (κ1) is 24.0. The number of rotatable bonds is 2. The zero-order valence-corrected chi connectivity index (χ0v) is 16.7. The fraction of sp³-hybridized carbons (Fsp3) is 0.0556. The standard InChI is InChI=1S/C7H8O3S.C6H6O5S.C5H5N/c1-6-2-4-7(5-3-6)11(8,9)10;7-4-1-2-5(8)6(3-4)12(9,10)11;1-2-4-6-5-3-1/h2-5H,1H3,(H,8,9,10);1-3,7-8H,(H,9,10,11);1-5H. The van der Waals surface area contributed by atoms with Crippen LogP contribution in [0.1, 0.15) is 5.56 Å². The minimum atomic E-state index is -4.47. The lowest BCUT2D eigenvalue weighted by atomic mass is 10.2. The monoisotopic (exact) mass is 441 g/mol. The molecule has 1 aromatic heterocycles. The molecule has 0 unspecified atom stereocenters. The van der Waals surface area contributed by atoms with Crippen LogP contribution in [0.3, 0.4) is 0 Å². The minimum Gasteiger partial charge on any atom is -0.508 e. The minimum absolute atomic E-state index is 0.0666. The van der Waals surface area contributed by atoms with Gasteiger partial charge in [0.2, 0.25) is 0 Å². The van der Waals surface area contributed by atoms with Crippen molar-refractivity contribution in [3.63, 3.8) is 0 Å². The summed E-state index contributed by atoms with van der Waals surface area (Å²) in [5, 5.41) is 17.7. The zero-order chi connectivity index (χ0) is 22.1. The lowest BCUT2D eigenvalue weighted by molar-refractivity contribution is 0.433. The van der Waals surface area contributed by atoms with Crippen LogP contribution in [-0.2, 0) is 20.2 Å². The number of hydrogen-bond donors (Lipinski definition) is 4. The second-order valence-corrected chi connectivity index (χ2v) is 8.25. The van der Waals surface area contributed by atoms with E-state index in [1.54, 1.807) is 24.5 Å². The van der Waals surface area contributed by atoms with Crippen molar-refractivity contribution in [2.45, 2.75) is 16.7 Å². The number of hydrogen-bond acceptors (Lipinski definition) is 7. The van der Waals surface area contributed by atoms with Crippen LogP contribution < -0.4 is 0 Å². The molecule has 1 heterocycles. The maximum atomic E-state index is 10.5. The zero-order valence-electron chi connectivity index (χ0n) is 15.1. The molecule has 11 heteroatoms. The maximum absolute atomic E-state index is 10.5. The highest BCUT2D eigenvalue weighted by molar-refractivity contribution is 7.86. The van der Waals surface area contributed by atoms with Crippen LogP contribution in [-0.4, -0.2) is 41.1 Å². The third-order valence-corrected chi connectivity index (χ3v) is 4.86. The summed E-state index contributed by atoms with van der Waals surface area (Å²) < 4.78 is 59.0. The van der Waals surface area contributed by atoms with Crippen LogP contribution in [0.25, 0.3) is 0 Å². The molecule has 3 rings (SSSR count). The van der Waals surface area contributed by atoms with Gasteiger partial charge >= 0.3 is 0 Å². The van der Waals surface area contributed by atoms with E-state index in [2.05, 4.69) is 4.98 Å². The van der Waals surface area contributed by atoms with E-state index in [0.717, 1.165) is 23.8 Å². The van der Waals surface area contributed by atoms with E-state index in [9.17, 15) is 16.8 Å². The molecule has 0 atom stereocenters. The van der Waals surface area contributed by atoms with Gasteiger partial charge in [0.25, 0.3) is 20.2 Å². The largest absolute Gasteiger partial charge is 0.508 e. The Labute approximate surface area is 168 Å². The molecular weight excluding hydrogens is 422 g/mol. The van der Waals surface area contributed by atoms with Crippen LogP contribution in [0.2, 0.25) is 0 Å². The summed E-state index contributed by atoms with van der Waals surface area (Å²) >= 11 is 0. The summed E-state index contributed by atoms with van der Waals surface area (Å²) in [7, 11) is -8.49. The molecule has 0 aliphatic heterocycles. The lowest BCUT2D eigenvalue weighted by Crippen LogP contribution is -1.97. The van der Waals surface area contributed by atoms with Gasteiger partial charge in [-0.15, -0.1) is 0 Å². The molecule has 3 aromatic rings. The van der Waals surface area contributed by atoms with Gasteiger partial charge in [-0.2, -0.15) is 16.8 Å². The van der Waals surface area contributed by atoms with Crippen molar-refractivity contribution in [3.8, 4) is 11.5 Å². The third-order valence-electron chi connectivity index (χ3n) is 3.11. The van der Waals surface area contributed by atoms with E-state index in [1.165, 1.54) is 12.1 Å². The number of phenols is 2. The summed E-state index contributed by atoms with van der Waals surface area (Å²) in [6, 6.07) is 14.5. The number of nitrogens with zero attached hydrogens (tertiary/aromatic N) is 1. The smallest absolute Gasteiger partial charge is 0.298 e. The number of phenolic OH excluding ortho intramolecular Hbond substituents is 2. The van der Waals surface area contributed by atoms with E-state index in [1.807, 2.05) is 25.1 Å². The van der Waals surface area contributed by atoms with E-state index in [0.29, 0.717) is 0 Å². The SMILES string of the molecule is Cc1ccc(S(=O)(=O)O)cc1.O=S(=O)(O)c1cc(O)ccc1O.c1ccncc1. The molecule has 9 nitrogen and oxygen atoms in total. The average molecular weight is 441 g/mol. The number of aromatic nitrogens is 1. The first-order valence-electron chi connectivity index (χ1n) is 7.80. The van der Waals surface area contributed by atoms with Crippen molar-refractivity contribution in [2.75, 3.05) is 0 Å². The summed E-state index contributed by atoms with van der Waals surface area (Å²) in [5.41, 5.74) is 0.956. The molecule has 4 N–H and O–H groups in total. The quantitative estimate of drug-likeness (QED) is 0.346. The van der Waals surface area contributed by atoms with Crippen LogP contribution in [0.4, 0.5) is 0 Å².